The zero-order valence-corrected chi connectivity index (χ0v) is 10.6. The van der Waals surface area contributed by atoms with Crippen LogP contribution in [0.25, 0.3) is 10.6 Å². The third kappa shape index (κ3) is 1.98. The normalized spacial score (nSPS) is 23.4. The van der Waals surface area contributed by atoms with Crippen LogP contribution >= 0.6 is 11.3 Å². The Hall–Kier alpha value is -1.26. The third-order valence-corrected chi connectivity index (χ3v) is 4.35. The van der Waals surface area contributed by atoms with Crippen LogP contribution in [0.1, 0.15) is 30.1 Å². The van der Waals surface area contributed by atoms with Crippen molar-refractivity contribution in [3.05, 3.63) is 35.1 Å². The molecule has 3 rings (SSSR count). The molecule has 0 bridgehead atoms. The van der Waals surface area contributed by atoms with E-state index in [2.05, 4.69) is 28.3 Å². The Morgan fingerprint density at radius 3 is 2.82 bits per heavy atom. The van der Waals surface area contributed by atoms with E-state index in [1.807, 2.05) is 12.3 Å². The fourth-order valence-electron chi connectivity index (χ4n) is 2.20. The standard InChI is InChI=1S/C13H15N3S/c1-8-3-5-17-12(8)11-2-4-15-13(16-11)9-6-10(14)7-9/h2-5,9-10H,6-7,14H2,1H3. The van der Waals surface area contributed by atoms with Gasteiger partial charge in [0.15, 0.2) is 0 Å². The molecule has 0 unspecified atom stereocenters. The average Bonchev–Trinajstić information content (AvgIpc) is 2.71. The minimum atomic E-state index is 0.343. The Balaban J connectivity index is 1.92. The van der Waals surface area contributed by atoms with Gasteiger partial charge in [0, 0.05) is 18.2 Å². The molecule has 1 fully saturated rings. The summed E-state index contributed by atoms with van der Waals surface area (Å²) in [6.45, 7) is 2.12. The summed E-state index contributed by atoms with van der Waals surface area (Å²) in [5.41, 5.74) is 8.14. The van der Waals surface area contributed by atoms with E-state index in [1.165, 1.54) is 10.4 Å². The Kier molecular flexibility index (Phi) is 2.68. The first-order chi connectivity index (χ1) is 8.24. The first-order valence-electron chi connectivity index (χ1n) is 5.87. The maximum Gasteiger partial charge on any atom is 0.132 e. The Morgan fingerprint density at radius 2 is 2.18 bits per heavy atom. The van der Waals surface area contributed by atoms with E-state index >= 15 is 0 Å². The van der Waals surface area contributed by atoms with Crippen LogP contribution < -0.4 is 5.73 Å². The minimum absolute atomic E-state index is 0.343. The quantitative estimate of drug-likeness (QED) is 0.885. The van der Waals surface area contributed by atoms with Crippen LogP contribution in [0.4, 0.5) is 0 Å². The van der Waals surface area contributed by atoms with Crippen molar-refractivity contribution in [3.8, 4) is 10.6 Å². The molecule has 0 aromatic carbocycles. The van der Waals surface area contributed by atoms with E-state index in [-0.39, 0.29) is 0 Å². The first kappa shape index (κ1) is 10.9. The highest BCUT2D eigenvalue weighted by molar-refractivity contribution is 7.13. The zero-order valence-electron chi connectivity index (χ0n) is 9.76. The van der Waals surface area contributed by atoms with Gasteiger partial charge in [-0.2, -0.15) is 0 Å². The topological polar surface area (TPSA) is 51.8 Å². The second-order valence-electron chi connectivity index (χ2n) is 4.66. The average molecular weight is 245 g/mol. The lowest BCUT2D eigenvalue weighted by Gasteiger charge is -2.31. The van der Waals surface area contributed by atoms with E-state index in [1.54, 1.807) is 11.3 Å². The lowest BCUT2D eigenvalue weighted by molar-refractivity contribution is 0.338. The predicted octanol–water partition coefficient (Wildman–Crippen LogP) is 2.72. The molecule has 1 saturated carbocycles. The van der Waals surface area contributed by atoms with E-state index in [0.717, 1.165) is 24.4 Å². The summed E-state index contributed by atoms with van der Waals surface area (Å²) in [5.74, 6) is 1.42. The molecular formula is C13H15N3S. The molecule has 0 spiro atoms. The molecule has 2 aromatic heterocycles. The minimum Gasteiger partial charge on any atom is -0.328 e. The molecule has 0 atom stereocenters. The molecule has 1 aliphatic rings. The van der Waals surface area contributed by atoms with Crippen molar-refractivity contribution in [2.45, 2.75) is 31.7 Å². The molecule has 2 aromatic rings. The third-order valence-electron chi connectivity index (χ3n) is 3.31. The van der Waals surface area contributed by atoms with E-state index in [4.69, 9.17) is 5.73 Å². The second kappa shape index (κ2) is 4.20. The molecular weight excluding hydrogens is 230 g/mol. The summed E-state index contributed by atoms with van der Waals surface area (Å²) < 4.78 is 0. The van der Waals surface area contributed by atoms with Crippen molar-refractivity contribution < 1.29 is 0 Å². The summed E-state index contributed by atoms with van der Waals surface area (Å²) >= 11 is 1.73. The molecule has 17 heavy (non-hydrogen) atoms. The van der Waals surface area contributed by atoms with Crippen molar-refractivity contribution in [2.24, 2.45) is 5.73 Å². The van der Waals surface area contributed by atoms with E-state index in [0.29, 0.717) is 12.0 Å². The number of aromatic nitrogens is 2. The van der Waals surface area contributed by atoms with Gasteiger partial charge in [0.2, 0.25) is 0 Å². The van der Waals surface area contributed by atoms with Crippen molar-refractivity contribution in [2.75, 3.05) is 0 Å². The highest BCUT2D eigenvalue weighted by atomic mass is 32.1. The largest absolute Gasteiger partial charge is 0.328 e. The molecule has 1 aliphatic carbocycles. The monoisotopic (exact) mass is 245 g/mol. The molecule has 4 heteroatoms. The fraction of sp³-hybridized carbons (Fsp3) is 0.385. The number of aryl methyl sites for hydroxylation is 1. The molecule has 3 nitrogen and oxygen atoms in total. The van der Waals surface area contributed by atoms with Crippen LogP contribution in [0.3, 0.4) is 0 Å². The van der Waals surface area contributed by atoms with Gasteiger partial charge in [-0.25, -0.2) is 9.97 Å². The van der Waals surface area contributed by atoms with Crippen molar-refractivity contribution in [1.82, 2.24) is 9.97 Å². The van der Waals surface area contributed by atoms with Gasteiger partial charge >= 0.3 is 0 Å². The maximum absolute atomic E-state index is 5.81. The number of hydrogen-bond donors (Lipinski definition) is 1. The van der Waals surface area contributed by atoms with Gasteiger partial charge in [0.1, 0.15) is 5.82 Å². The zero-order chi connectivity index (χ0) is 11.8. The molecule has 2 N–H and O–H groups in total. The molecule has 0 saturated heterocycles. The summed E-state index contributed by atoms with van der Waals surface area (Å²) in [6, 6.07) is 4.46. The van der Waals surface area contributed by atoms with Crippen LogP contribution in [-0.2, 0) is 0 Å². The van der Waals surface area contributed by atoms with Gasteiger partial charge < -0.3 is 5.73 Å². The van der Waals surface area contributed by atoms with E-state index < -0.39 is 0 Å². The summed E-state index contributed by atoms with van der Waals surface area (Å²) in [5, 5.41) is 2.10. The molecule has 2 heterocycles. The number of nitrogens with two attached hydrogens (primary N) is 1. The van der Waals surface area contributed by atoms with Crippen LogP contribution in [-0.4, -0.2) is 16.0 Å². The fourth-order valence-corrected chi connectivity index (χ4v) is 3.10. The van der Waals surface area contributed by atoms with Crippen molar-refractivity contribution >= 4 is 11.3 Å². The molecule has 0 radical (unpaired) electrons. The lowest BCUT2D eigenvalue weighted by Crippen LogP contribution is -2.35. The first-order valence-corrected chi connectivity index (χ1v) is 6.75. The number of rotatable bonds is 2. The van der Waals surface area contributed by atoms with Gasteiger partial charge in [-0.3, -0.25) is 0 Å². The number of hydrogen-bond acceptors (Lipinski definition) is 4. The highest BCUT2D eigenvalue weighted by Gasteiger charge is 2.29. The lowest BCUT2D eigenvalue weighted by atomic mass is 9.80. The second-order valence-corrected chi connectivity index (χ2v) is 5.58. The molecule has 0 amide bonds. The van der Waals surface area contributed by atoms with Crippen molar-refractivity contribution in [3.63, 3.8) is 0 Å². The van der Waals surface area contributed by atoms with Gasteiger partial charge in [-0.1, -0.05) is 0 Å². The molecule has 88 valence electrons. The van der Waals surface area contributed by atoms with E-state index in [9.17, 15) is 0 Å². The SMILES string of the molecule is Cc1ccsc1-c1ccnc(C2CC(N)C2)n1. The molecule has 0 aliphatic heterocycles. The number of thiophene rings is 1. The summed E-state index contributed by atoms with van der Waals surface area (Å²) in [4.78, 5) is 10.3. The van der Waals surface area contributed by atoms with Crippen LogP contribution in [0.2, 0.25) is 0 Å². The highest BCUT2D eigenvalue weighted by Crippen LogP contribution is 2.35. The Morgan fingerprint density at radius 1 is 1.35 bits per heavy atom. The Labute approximate surface area is 105 Å². The van der Waals surface area contributed by atoms with Crippen LogP contribution in [0.15, 0.2) is 23.7 Å². The summed E-state index contributed by atoms with van der Waals surface area (Å²) in [6.07, 6.45) is 3.90. The number of nitrogens with zero attached hydrogens (tertiary/aromatic N) is 2. The Bertz CT molecular complexity index is 529. The van der Waals surface area contributed by atoms with Gasteiger partial charge in [-0.05, 0) is 42.8 Å². The summed E-state index contributed by atoms with van der Waals surface area (Å²) in [7, 11) is 0. The van der Waals surface area contributed by atoms with Crippen LogP contribution in [0.5, 0.6) is 0 Å². The van der Waals surface area contributed by atoms with Crippen LogP contribution in [0, 0.1) is 6.92 Å². The maximum atomic E-state index is 5.81. The smallest absolute Gasteiger partial charge is 0.132 e. The van der Waals surface area contributed by atoms with Gasteiger partial charge in [0.25, 0.3) is 0 Å². The van der Waals surface area contributed by atoms with Gasteiger partial charge in [-0.15, -0.1) is 11.3 Å². The van der Waals surface area contributed by atoms with Crippen molar-refractivity contribution in [1.29, 1.82) is 0 Å². The van der Waals surface area contributed by atoms with Gasteiger partial charge in [0.05, 0.1) is 10.6 Å². The predicted molar refractivity (Wildman–Crippen MR) is 70.0 cm³/mol.